The van der Waals surface area contributed by atoms with Crippen molar-refractivity contribution in [3.8, 4) is 0 Å². The minimum atomic E-state index is -0.454. The van der Waals surface area contributed by atoms with Gasteiger partial charge in [0.15, 0.2) is 0 Å². The van der Waals surface area contributed by atoms with Crippen LogP contribution in [0.3, 0.4) is 0 Å². The van der Waals surface area contributed by atoms with E-state index in [9.17, 15) is 9.90 Å². The van der Waals surface area contributed by atoms with Crippen molar-refractivity contribution in [1.29, 1.82) is 0 Å². The van der Waals surface area contributed by atoms with Crippen molar-refractivity contribution in [3.63, 3.8) is 0 Å². The number of hydrogen-bond acceptors (Lipinski definition) is 5. The molecule has 100 valence electrons. The van der Waals surface area contributed by atoms with Gasteiger partial charge in [-0.05, 0) is 37.9 Å². The number of rotatable bonds is 4. The smallest absolute Gasteiger partial charge is 0.373 e. The van der Waals surface area contributed by atoms with Gasteiger partial charge in [0.1, 0.15) is 5.76 Å². The van der Waals surface area contributed by atoms with Gasteiger partial charge >= 0.3 is 5.97 Å². The summed E-state index contributed by atoms with van der Waals surface area (Å²) >= 11 is 0. The molecule has 0 saturated carbocycles. The minimum Gasteiger partial charge on any atom is -0.463 e. The summed E-state index contributed by atoms with van der Waals surface area (Å²) in [7, 11) is 1.33. The first kappa shape index (κ1) is 13.1. The lowest BCUT2D eigenvalue weighted by atomic mass is 10.0. The highest BCUT2D eigenvalue weighted by atomic mass is 16.5. The Labute approximate surface area is 106 Å². The highest BCUT2D eigenvalue weighted by molar-refractivity contribution is 5.86. The molecule has 0 radical (unpaired) electrons. The van der Waals surface area contributed by atoms with Crippen molar-refractivity contribution < 1.29 is 19.1 Å². The number of hydrogen-bond donors (Lipinski definition) is 1. The second kappa shape index (κ2) is 5.54. The zero-order valence-electron chi connectivity index (χ0n) is 10.8. The van der Waals surface area contributed by atoms with E-state index in [1.165, 1.54) is 7.11 Å². The van der Waals surface area contributed by atoms with Gasteiger partial charge in [-0.2, -0.15) is 0 Å². The van der Waals surface area contributed by atoms with Crippen LogP contribution in [0.2, 0.25) is 0 Å². The van der Waals surface area contributed by atoms with Gasteiger partial charge in [-0.25, -0.2) is 4.79 Å². The number of methoxy groups -OCH3 is 1. The van der Waals surface area contributed by atoms with E-state index in [4.69, 9.17) is 4.42 Å². The molecule has 1 aromatic rings. The van der Waals surface area contributed by atoms with Crippen molar-refractivity contribution in [2.45, 2.75) is 26.0 Å². The largest absolute Gasteiger partial charge is 0.463 e. The van der Waals surface area contributed by atoms with E-state index in [-0.39, 0.29) is 11.9 Å². The standard InChI is InChI=1S/C13H19NO4/c1-9(15)10-5-6-14(7-10)8-11-3-4-12(18-11)13(16)17-2/h3-4,9-10,15H,5-8H2,1-2H3. The predicted octanol–water partition coefficient (Wildman–Crippen LogP) is 1.27. The number of carbonyl (C=O) groups is 1. The van der Waals surface area contributed by atoms with E-state index in [0.717, 1.165) is 25.3 Å². The lowest BCUT2D eigenvalue weighted by Crippen LogP contribution is -2.23. The maximum atomic E-state index is 11.2. The van der Waals surface area contributed by atoms with E-state index < -0.39 is 5.97 Å². The zero-order valence-corrected chi connectivity index (χ0v) is 10.8. The summed E-state index contributed by atoms with van der Waals surface area (Å²) in [6.07, 6.45) is 0.736. The van der Waals surface area contributed by atoms with E-state index in [0.29, 0.717) is 12.5 Å². The van der Waals surface area contributed by atoms with E-state index >= 15 is 0 Å². The zero-order chi connectivity index (χ0) is 13.1. The molecule has 1 N–H and O–H groups in total. The molecule has 18 heavy (non-hydrogen) atoms. The van der Waals surface area contributed by atoms with Crippen LogP contribution >= 0.6 is 0 Å². The van der Waals surface area contributed by atoms with Crippen molar-refractivity contribution in [1.82, 2.24) is 4.90 Å². The van der Waals surface area contributed by atoms with Crippen LogP contribution in [0.4, 0.5) is 0 Å². The van der Waals surface area contributed by atoms with Crippen molar-refractivity contribution in [3.05, 3.63) is 23.7 Å². The summed E-state index contributed by atoms with van der Waals surface area (Å²) in [5.41, 5.74) is 0. The molecule has 5 nitrogen and oxygen atoms in total. The average molecular weight is 253 g/mol. The molecule has 1 saturated heterocycles. The third-order valence-electron chi connectivity index (χ3n) is 3.42. The molecule has 2 atom stereocenters. The third-order valence-corrected chi connectivity index (χ3v) is 3.42. The molecule has 1 aliphatic heterocycles. The summed E-state index contributed by atoms with van der Waals surface area (Å²) in [6, 6.07) is 3.42. The SMILES string of the molecule is COC(=O)c1ccc(CN2CCC(C(C)O)C2)o1. The third kappa shape index (κ3) is 2.91. The molecule has 5 heteroatoms. The molecule has 2 rings (SSSR count). The van der Waals surface area contributed by atoms with Gasteiger partial charge in [-0.15, -0.1) is 0 Å². The van der Waals surface area contributed by atoms with Crippen molar-refractivity contribution in [2.75, 3.05) is 20.2 Å². The van der Waals surface area contributed by atoms with Gasteiger partial charge in [0.05, 0.1) is 19.8 Å². The average Bonchev–Trinajstić information content (AvgIpc) is 2.98. The summed E-state index contributed by atoms with van der Waals surface area (Å²) in [5.74, 6) is 0.866. The van der Waals surface area contributed by atoms with Crippen molar-refractivity contribution in [2.24, 2.45) is 5.92 Å². The molecule has 1 aliphatic rings. The molecule has 1 fully saturated rings. The summed E-state index contributed by atoms with van der Waals surface area (Å²) < 4.78 is 10.0. The fourth-order valence-corrected chi connectivity index (χ4v) is 2.29. The molecular weight excluding hydrogens is 234 g/mol. The van der Waals surface area contributed by atoms with Crippen LogP contribution in [0, 0.1) is 5.92 Å². The number of nitrogens with zero attached hydrogens (tertiary/aromatic N) is 1. The molecule has 0 amide bonds. The Hall–Kier alpha value is -1.33. The number of aliphatic hydroxyl groups excluding tert-OH is 1. The maximum Gasteiger partial charge on any atom is 0.373 e. The Morgan fingerprint density at radius 2 is 2.44 bits per heavy atom. The van der Waals surface area contributed by atoms with Crippen LogP contribution in [0.15, 0.2) is 16.5 Å². The Morgan fingerprint density at radius 3 is 3.06 bits per heavy atom. The first-order chi connectivity index (χ1) is 8.60. The van der Waals surface area contributed by atoms with Crippen LogP contribution in [0.5, 0.6) is 0 Å². The van der Waals surface area contributed by atoms with Gasteiger partial charge < -0.3 is 14.3 Å². The van der Waals surface area contributed by atoms with E-state index in [2.05, 4.69) is 9.64 Å². The predicted molar refractivity (Wildman–Crippen MR) is 65.1 cm³/mol. The lowest BCUT2D eigenvalue weighted by Gasteiger charge is -2.15. The minimum absolute atomic E-state index is 0.235. The molecular formula is C13H19NO4. The van der Waals surface area contributed by atoms with Gasteiger partial charge in [0.25, 0.3) is 0 Å². The van der Waals surface area contributed by atoms with Gasteiger partial charge in [-0.1, -0.05) is 0 Å². The Morgan fingerprint density at radius 1 is 1.67 bits per heavy atom. The fourth-order valence-electron chi connectivity index (χ4n) is 2.29. The molecule has 2 unspecified atom stereocenters. The van der Waals surface area contributed by atoms with Crippen molar-refractivity contribution >= 4 is 5.97 Å². The van der Waals surface area contributed by atoms with E-state index in [1.807, 2.05) is 6.92 Å². The Balaban J connectivity index is 1.91. The molecule has 2 heterocycles. The second-order valence-electron chi connectivity index (χ2n) is 4.78. The number of furan rings is 1. The Kier molecular flexibility index (Phi) is 4.04. The molecule has 0 aromatic carbocycles. The molecule has 0 aliphatic carbocycles. The lowest BCUT2D eigenvalue weighted by molar-refractivity contribution is 0.0561. The van der Waals surface area contributed by atoms with Gasteiger partial charge in [-0.3, -0.25) is 4.90 Å². The van der Waals surface area contributed by atoms with Crippen LogP contribution in [-0.2, 0) is 11.3 Å². The van der Waals surface area contributed by atoms with Crippen LogP contribution in [0.25, 0.3) is 0 Å². The number of aliphatic hydroxyl groups is 1. The molecule has 0 bridgehead atoms. The summed E-state index contributed by atoms with van der Waals surface area (Å²) in [5, 5.41) is 9.53. The first-order valence-corrected chi connectivity index (χ1v) is 6.17. The van der Waals surface area contributed by atoms with Crippen LogP contribution < -0.4 is 0 Å². The molecule has 1 aromatic heterocycles. The van der Waals surface area contributed by atoms with Gasteiger partial charge in [0.2, 0.25) is 5.76 Å². The highest BCUT2D eigenvalue weighted by Crippen LogP contribution is 2.22. The van der Waals surface area contributed by atoms with Gasteiger partial charge in [0, 0.05) is 6.54 Å². The normalized spacial score (nSPS) is 22.1. The highest BCUT2D eigenvalue weighted by Gasteiger charge is 2.26. The number of esters is 1. The van der Waals surface area contributed by atoms with Crippen LogP contribution in [0.1, 0.15) is 29.7 Å². The fraction of sp³-hybridized carbons (Fsp3) is 0.615. The summed E-state index contributed by atoms with van der Waals surface area (Å²) in [4.78, 5) is 13.5. The number of carbonyl (C=O) groups excluding carboxylic acids is 1. The number of ether oxygens (including phenoxy) is 1. The second-order valence-corrected chi connectivity index (χ2v) is 4.78. The molecule has 0 spiro atoms. The monoisotopic (exact) mass is 253 g/mol. The number of likely N-dealkylation sites (tertiary alicyclic amines) is 1. The summed E-state index contributed by atoms with van der Waals surface area (Å²) in [6.45, 7) is 4.31. The first-order valence-electron chi connectivity index (χ1n) is 6.17. The Bertz CT molecular complexity index is 413. The topological polar surface area (TPSA) is 62.9 Å². The van der Waals surface area contributed by atoms with E-state index in [1.54, 1.807) is 12.1 Å². The quantitative estimate of drug-likeness (QED) is 0.819. The maximum absolute atomic E-state index is 11.2. The van der Waals surface area contributed by atoms with Crippen LogP contribution in [-0.4, -0.2) is 42.3 Å².